The number of carbonyl (C=O) groups excluding carboxylic acids is 3. The van der Waals surface area contributed by atoms with Gasteiger partial charge in [-0.3, -0.25) is 19.3 Å². The van der Waals surface area contributed by atoms with Gasteiger partial charge < -0.3 is 10.2 Å². The predicted octanol–water partition coefficient (Wildman–Crippen LogP) is 2.98. The molecule has 1 saturated heterocycles. The summed E-state index contributed by atoms with van der Waals surface area (Å²) in [5.74, 6) is -0.114. The molecule has 0 unspecified atom stereocenters. The fraction of sp³-hybridized carbons (Fsp3) is 0.348. The molecule has 1 heterocycles. The molecule has 0 radical (unpaired) electrons. The quantitative estimate of drug-likeness (QED) is 0.793. The first-order chi connectivity index (χ1) is 13.9. The Morgan fingerprint density at radius 2 is 1.69 bits per heavy atom. The number of ketones is 1. The highest BCUT2D eigenvalue weighted by Crippen LogP contribution is 2.13. The van der Waals surface area contributed by atoms with Crippen LogP contribution in [0.5, 0.6) is 0 Å². The minimum Gasteiger partial charge on any atom is -0.337 e. The molecule has 0 bridgehead atoms. The van der Waals surface area contributed by atoms with Gasteiger partial charge in [0.2, 0.25) is 5.91 Å². The van der Waals surface area contributed by atoms with Crippen LogP contribution >= 0.6 is 0 Å². The van der Waals surface area contributed by atoms with Crippen LogP contribution in [-0.4, -0.2) is 60.1 Å². The van der Waals surface area contributed by atoms with Crippen LogP contribution in [0.3, 0.4) is 0 Å². The maximum atomic E-state index is 12.8. The normalized spacial score (nSPS) is 14.9. The molecule has 1 fully saturated rings. The van der Waals surface area contributed by atoms with Crippen molar-refractivity contribution in [3.05, 3.63) is 65.2 Å². The van der Waals surface area contributed by atoms with Crippen LogP contribution in [0.15, 0.2) is 48.5 Å². The van der Waals surface area contributed by atoms with Gasteiger partial charge in [-0.05, 0) is 44.5 Å². The molecule has 6 heteroatoms. The molecular weight excluding hydrogens is 366 g/mol. The highest BCUT2D eigenvalue weighted by molar-refractivity contribution is 5.97. The van der Waals surface area contributed by atoms with E-state index in [1.165, 1.54) is 6.92 Å². The second-order valence-electron chi connectivity index (χ2n) is 7.48. The van der Waals surface area contributed by atoms with Gasteiger partial charge in [0.1, 0.15) is 0 Å². The predicted molar refractivity (Wildman–Crippen MR) is 113 cm³/mol. The number of Topliss-reactive ketones (excluding diaryl/α,β-unsaturated/α-hetero) is 1. The zero-order valence-corrected chi connectivity index (χ0v) is 17.0. The topological polar surface area (TPSA) is 69.7 Å². The number of nitrogens with one attached hydrogen (secondary N) is 1. The highest BCUT2D eigenvalue weighted by Gasteiger charge is 2.21. The van der Waals surface area contributed by atoms with Crippen molar-refractivity contribution in [1.29, 1.82) is 0 Å². The van der Waals surface area contributed by atoms with E-state index in [-0.39, 0.29) is 24.1 Å². The van der Waals surface area contributed by atoms with Crippen LogP contribution in [0.25, 0.3) is 0 Å². The Kier molecular flexibility index (Phi) is 6.77. The number of nitrogens with zero attached hydrogens (tertiary/aromatic N) is 2. The van der Waals surface area contributed by atoms with Gasteiger partial charge in [0.25, 0.3) is 5.91 Å². The second-order valence-corrected chi connectivity index (χ2v) is 7.48. The number of benzene rings is 2. The lowest BCUT2D eigenvalue weighted by Crippen LogP contribution is -2.38. The zero-order valence-electron chi connectivity index (χ0n) is 17.0. The molecule has 0 spiro atoms. The van der Waals surface area contributed by atoms with Gasteiger partial charge in [-0.2, -0.15) is 0 Å². The average Bonchev–Trinajstić information content (AvgIpc) is 2.93. The van der Waals surface area contributed by atoms with Crippen molar-refractivity contribution in [1.82, 2.24) is 9.80 Å². The summed E-state index contributed by atoms with van der Waals surface area (Å²) in [5.41, 5.74) is 2.97. The van der Waals surface area contributed by atoms with Crippen molar-refractivity contribution < 1.29 is 14.4 Å². The summed E-state index contributed by atoms with van der Waals surface area (Å²) in [6, 6.07) is 14.6. The molecular formula is C23H27N3O3. The average molecular weight is 393 g/mol. The number of amides is 2. The summed E-state index contributed by atoms with van der Waals surface area (Å²) in [5, 5.41) is 2.86. The fourth-order valence-corrected chi connectivity index (χ4v) is 3.51. The summed E-state index contributed by atoms with van der Waals surface area (Å²) < 4.78 is 0. The third kappa shape index (κ3) is 5.74. The van der Waals surface area contributed by atoms with Gasteiger partial charge in [-0.25, -0.2) is 0 Å². The van der Waals surface area contributed by atoms with E-state index in [0.29, 0.717) is 36.4 Å². The Morgan fingerprint density at radius 1 is 0.931 bits per heavy atom. The van der Waals surface area contributed by atoms with E-state index < -0.39 is 0 Å². The van der Waals surface area contributed by atoms with E-state index in [9.17, 15) is 14.4 Å². The SMILES string of the molecule is CC(=O)c1cccc(NC(=O)CN2CCCN(C(=O)c3cccc(C)c3)CC2)c1. The Hall–Kier alpha value is -2.99. The number of hydrogen-bond donors (Lipinski definition) is 1. The fourth-order valence-electron chi connectivity index (χ4n) is 3.51. The van der Waals surface area contributed by atoms with Gasteiger partial charge in [-0.1, -0.05) is 29.8 Å². The third-order valence-electron chi connectivity index (χ3n) is 5.06. The van der Waals surface area contributed by atoms with Crippen LogP contribution in [0, 0.1) is 6.92 Å². The molecule has 1 N–H and O–H groups in total. The monoisotopic (exact) mass is 393 g/mol. The van der Waals surface area contributed by atoms with E-state index in [2.05, 4.69) is 10.2 Å². The minimum absolute atomic E-state index is 0.0352. The van der Waals surface area contributed by atoms with Gasteiger partial charge in [-0.15, -0.1) is 0 Å². The van der Waals surface area contributed by atoms with Crippen molar-refractivity contribution in [2.75, 3.05) is 38.0 Å². The lowest BCUT2D eigenvalue weighted by molar-refractivity contribution is -0.117. The number of aryl methyl sites for hydroxylation is 1. The minimum atomic E-state index is -0.121. The molecule has 29 heavy (non-hydrogen) atoms. The van der Waals surface area contributed by atoms with Crippen molar-refractivity contribution in [2.45, 2.75) is 20.3 Å². The Bertz CT molecular complexity index is 910. The van der Waals surface area contributed by atoms with Gasteiger partial charge >= 0.3 is 0 Å². The maximum Gasteiger partial charge on any atom is 0.253 e. The largest absolute Gasteiger partial charge is 0.337 e. The number of carbonyl (C=O) groups is 3. The molecule has 1 aliphatic rings. The van der Waals surface area contributed by atoms with E-state index in [1.54, 1.807) is 24.3 Å². The summed E-state index contributed by atoms with van der Waals surface area (Å²) in [7, 11) is 0. The summed E-state index contributed by atoms with van der Waals surface area (Å²) in [6.45, 7) is 6.44. The standard InChI is InChI=1S/C23H27N3O3/c1-17-6-3-8-20(14-17)23(29)26-11-5-10-25(12-13-26)16-22(28)24-21-9-4-7-19(15-21)18(2)27/h3-4,6-9,14-15H,5,10-13,16H2,1-2H3,(H,24,28). The molecule has 3 rings (SSSR count). The van der Waals surface area contributed by atoms with Gasteiger partial charge in [0, 0.05) is 43.0 Å². The van der Waals surface area contributed by atoms with Crippen LogP contribution < -0.4 is 5.32 Å². The van der Waals surface area contributed by atoms with Crippen molar-refractivity contribution in [3.63, 3.8) is 0 Å². The number of hydrogen-bond acceptors (Lipinski definition) is 4. The lowest BCUT2D eigenvalue weighted by atomic mass is 10.1. The molecule has 1 aliphatic heterocycles. The third-order valence-corrected chi connectivity index (χ3v) is 5.06. The van der Waals surface area contributed by atoms with Crippen molar-refractivity contribution in [2.24, 2.45) is 0 Å². The summed E-state index contributed by atoms with van der Waals surface area (Å²) in [4.78, 5) is 40.6. The molecule has 0 aliphatic carbocycles. The molecule has 2 amide bonds. The van der Waals surface area contributed by atoms with Crippen LogP contribution in [0.2, 0.25) is 0 Å². The lowest BCUT2D eigenvalue weighted by Gasteiger charge is -2.22. The van der Waals surface area contributed by atoms with Gasteiger partial charge in [0.15, 0.2) is 5.78 Å². The summed E-state index contributed by atoms with van der Waals surface area (Å²) >= 11 is 0. The Labute approximate surface area is 171 Å². The maximum absolute atomic E-state index is 12.8. The zero-order chi connectivity index (χ0) is 20.8. The smallest absolute Gasteiger partial charge is 0.253 e. The molecule has 6 nitrogen and oxygen atoms in total. The first-order valence-corrected chi connectivity index (χ1v) is 9.91. The van der Waals surface area contributed by atoms with Crippen LogP contribution in [-0.2, 0) is 4.79 Å². The van der Waals surface area contributed by atoms with Gasteiger partial charge in [0.05, 0.1) is 6.54 Å². The van der Waals surface area contributed by atoms with E-state index in [0.717, 1.165) is 18.5 Å². The van der Waals surface area contributed by atoms with E-state index >= 15 is 0 Å². The van der Waals surface area contributed by atoms with Crippen molar-refractivity contribution in [3.8, 4) is 0 Å². The molecule has 2 aromatic carbocycles. The molecule has 152 valence electrons. The van der Waals surface area contributed by atoms with Crippen LogP contribution in [0.1, 0.15) is 39.6 Å². The molecule has 0 aromatic heterocycles. The molecule has 2 aromatic rings. The van der Waals surface area contributed by atoms with Crippen molar-refractivity contribution >= 4 is 23.3 Å². The Morgan fingerprint density at radius 3 is 2.45 bits per heavy atom. The summed E-state index contributed by atoms with van der Waals surface area (Å²) in [6.07, 6.45) is 0.824. The first-order valence-electron chi connectivity index (χ1n) is 9.91. The van der Waals surface area contributed by atoms with E-state index in [1.807, 2.05) is 36.1 Å². The van der Waals surface area contributed by atoms with E-state index in [4.69, 9.17) is 0 Å². The van der Waals surface area contributed by atoms with Crippen LogP contribution in [0.4, 0.5) is 5.69 Å². The number of rotatable bonds is 5. The number of anilines is 1. The first kappa shape index (κ1) is 20.7. The second kappa shape index (κ2) is 9.47. The molecule has 0 saturated carbocycles. The highest BCUT2D eigenvalue weighted by atomic mass is 16.2. The Balaban J connectivity index is 1.54. The molecule has 0 atom stereocenters.